The van der Waals surface area contributed by atoms with E-state index in [4.69, 9.17) is 4.42 Å². The Morgan fingerprint density at radius 2 is 2.00 bits per heavy atom. The van der Waals surface area contributed by atoms with E-state index in [-0.39, 0.29) is 28.9 Å². The minimum atomic E-state index is -0.910. The molecule has 1 aromatic heterocycles. The zero-order chi connectivity index (χ0) is 18.3. The van der Waals surface area contributed by atoms with E-state index in [1.54, 1.807) is 11.8 Å². The summed E-state index contributed by atoms with van der Waals surface area (Å²) in [4.78, 5) is 26.3. The second-order valence-corrected chi connectivity index (χ2v) is 7.53. The van der Waals surface area contributed by atoms with Crippen molar-refractivity contribution in [3.63, 3.8) is 0 Å². The van der Waals surface area contributed by atoms with Gasteiger partial charge in [0.05, 0.1) is 5.60 Å². The lowest BCUT2D eigenvalue weighted by Gasteiger charge is -2.41. The second kappa shape index (κ2) is 6.40. The number of hydrogen-bond donors (Lipinski definition) is 1. The molecule has 0 unspecified atom stereocenters. The number of benzene rings is 1. The number of nitrogens with zero attached hydrogens (tertiary/aromatic N) is 1. The van der Waals surface area contributed by atoms with E-state index in [9.17, 15) is 14.7 Å². The Kier molecular flexibility index (Phi) is 4.19. The van der Waals surface area contributed by atoms with Gasteiger partial charge >= 0.3 is 0 Å². The molecule has 1 aliphatic carbocycles. The molecule has 1 aliphatic heterocycles. The average molecular weight is 353 g/mol. The van der Waals surface area contributed by atoms with Crippen LogP contribution < -0.4 is 5.43 Å². The van der Waals surface area contributed by atoms with Crippen molar-refractivity contribution >= 4 is 5.91 Å². The minimum Gasteiger partial charge on any atom is -0.456 e. The average Bonchev–Trinajstić information content (AvgIpc) is 3.07. The number of amides is 1. The monoisotopic (exact) mass is 353 g/mol. The summed E-state index contributed by atoms with van der Waals surface area (Å²) in [5.74, 6) is 0.499. The van der Waals surface area contributed by atoms with Gasteiger partial charge < -0.3 is 14.4 Å². The fourth-order valence-electron chi connectivity index (χ4n) is 4.64. The van der Waals surface area contributed by atoms with Crippen molar-refractivity contribution in [3.05, 3.63) is 69.8 Å². The summed E-state index contributed by atoms with van der Waals surface area (Å²) in [5.41, 5.74) is -0.215. The van der Waals surface area contributed by atoms with E-state index in [2.05, 4.69) is 0 Å². The number of aliphatic hydroxyl groups is 1. The van der Waals surface area contributed by atoms with Gasteiger partial charge in [0, 0.05) is 31.1 Å². The SMILES string of the molecule is Cc1cc(=O)cc(C(=O)N2C[C@@H]3CCC[C@@](O)(c4ccccc4)[C@@H]3C2)o1. The van der Waals surface area contributed by atoms with Gasteiger partial charge in [-0.1, -0.05) is 30.3 Å². The smallest absolute Gasteiger partial charge is 0.289 e. The molecule has 1 saturated carbocycles. The minimum absolute atomic E-state index is 0.000805. The third-order valence-corrected chi connectivity index (χ3v) is 5.85. The molecule has 2 aromatic rings. The number of hydrogen-bond acceptors (Lipinski definition) is 4. The van der Waals surface area contributed by atoms with Crippen LogP contribution in [0.2, 0.25) is 0 Å². The van der Waals surface area contributed by atoms with Gasteiger partial charge in [-0.3, -0.25) is 9.59 Å². The Balaban J connectivity index is 1.61. The third kappa shape index (κ3) is 2.86. The molecule has 136 valence electrons. The lowest BCUT2D eigenvalue weighted by atomic mass is 9.67. The molecule has 0 bridgehead atoms. The van der Waals surface area contributed by atoms with Crippen molar-refractivity contribution in [2.75, 3.05) is 13.1 Å². The highest BCUT2D eigenvalue weighted by molar-refractivity contribution is 5.91. The Hall–Kier alpha value is -2.40. The molecular weight excluding hydrogens is 330 g/mol. The van der Waals surface area contributed by atoms with Crippen LogP contribution in [0.4, 0.5) is 0 Å². The molecule has 1 amide bonds. The van der Waals surface area contributed by atoms with Gasteiger partial charge in [-0.05, 0) is 37.7 Å². The van der Waals surface area contributed by atoms with Crippen molar-refractivity contribution < 1.29 is 14.3 Å². The first-order valence-electron chi connectivity index (χ1n) is 9.16. The van der Waals surface area contributed by atoms with Gasteiger partial charge in [-0.25, -0.2) is 0 Å². The molecule has 1 aromatic carbocycles. The van der Waals surface area contributed by atoms with E-state index in [1.165, 1.54) is 12.1 Å². The number of aryl methyl sites for hydroxylation is 1. The molecule has 2 fully saturated rings. The molecule has 2 heterocycles. The maximum Gasteiger partial charge on any atom is 0.289 e. The van der Waals surface area contributed by atoms with Crippen LogP contribution in [-0.4, -0.2) is 29.0 Å². The van der Waals surface area contributed by atoms with Crippen molar-refractivity contribution in [2.45, 2.75) is 31.8 Å². The fourth-order valence-corrected chi connectivity index (χ4v) is 4.64. The van der Waals surface area contributed by atoms with Crippen molar-refractivity contribution in [3.8, 4) is 0 Å². The van der Waals surface area contributed by atoms with Crippen LogP contribution in [0.5, 0.6) is 0 Å². The molecular formula is C21H23NO4. The molecule has 5 nitrogen and oxygen atoms in total. The zero-order valence-electron chi connectivity index (χ0n) is 14.9. The number of carbonyl (C=O) groups is 1. The summed E-state index contributed by atoms with van der Waals surface area (Å²) in [5, 5.41) is 11.5. The Labute approximate surface area is 152 Å². The van der Waals surface area contributed by atoms with Gasteiger partial charge in [-0.15, -0.1) is 0 Å². The topological polar surface area (TPSA) is 70.8 Å². The Bertz CT molecular complexity index is 875. The van der Waals surface area contributed by atoms with E-state index in [0.717, 1.165) is 18.4 Å². The molecule has 1 N–H and O–H groups in total. The summed E-state index contributed by atoms with van der Waals surface area (Å²) < 4.78 is 5.47. The number of rotatable bonds is 2. The number of likely N-dealkylation sites (tertiary alicyclic amines) is 1. The van der Waals surface area contributed by atoms with Gasteiger partial charge in [0.25, 0.3) is 5.91 Å². The first-order chi connectivity index (χ1) is 12.5. The summed E-state index contributed by atoms with van der Waals surface area (Å²) in [6.45, 7) is 2.74. The maximum atomic E-state index is 12.9. The van der Waals surface area contributed by atoms with E-state index in [0.29, 0.717) is 25.3 Å². The van der Waals surface area contributed by atoms with Crippen LogP contribution in [0.25, 0.3) is 0 Å². The van der Waals surface area contributed by atoms with E-state index < -0.39 is 5.60 Å². The largest absolute Gasteiger partial charge is 0.456 e. The van der Waals surface area contributed by atoms with Crippen LogP contribution in [0.1, 0.15) is 41.1 Å². The second-order valence-electron chi connectivity index (χ2n) is 7.53. The Morgan fingerprint density at radius 1 is 1.23 bits per heavy atom. The van der Waals surface area contributed by atoms with Gasteiger partial charge in [0.1, 0.15) is 5.76 Å². The standard InChI is InChI=1S/C21H23NO4/c1-14-10-17(23)11-19(26-14)20(24)22-12-15-6-5-9-21(25,18(15)13-22)16-7-3-2-4-8-16/h2-4,7-8,10-11,15,18,25H,5-6,9,12-13H2,1H3/t15-,18+,21+/m0/s1. The molecule has 4 rings (SSSR count). The predicted molar refractivity (Wildman–Crippen MR) is 96.8 cm³/mol. The van der Waals surface area contributed by atoms with Crippen LogP contribution in [-0.2, 0) is 5.60 Å². The number of carbonyl (C=O) groups excluding carboxylic acids is 1. The molecule has 0 radical (unpaired) electrons. The number of fused-ring (bicyclic) bond motifs is 1. The highest BCUT2D eigenvalue weighted by atomic mass is 16.3. The van der Waals surface area contributed by atoms with Crippen molar-refractivity contribution in [1.29, 1.82) is 0 Å². The zero-order valence-corrected chi connectivity index (χ0v) is 14.9. The summed E-state index contributed by atoms with van der Waals surface area (Å²) >= 11 is 0. The first kappa shape index (κ1) is 17.0. The van der Waals surface area contributed by atoms with Gasteiger partial charge in [0.15, 0.2) is 11.2 Å². The van der Waals surface area contributed by atoms with Crippen LogP contribution in [0.3, 0.4) is 0 Å². The van der Waals surface area contributed by atoms with Crippen LogP contribution in [0, 0.1) is 18.8 Å². The lowest BCUT2D eigenvalue weighted by molar-refractivity contribution is -0.0644. The van der Waals surface area contributed by atoms with E-state index >= 15 is 0 Å². The van der Waals surface area contributed by atoms with Crippen LogP contribution in [0.15, 0.2) is 51.7 Å². The molecule has 5 heteroatoms. The summed E-state index contributed by atoms with van der Waals surface area (Å²) in [6, 6.07) is 12.4. The predicted octanol–water partition coefficient (Wildman–Crippen LogP) is 2.71. The normalized spacial score (nSPS) is 28.0. The fraction of sp³-hybridized carbons (Fsp3) is 0.429. The highest BCUT2D eigenvalue weighted by Crippen LogP contribution is 2.48. The molecule has 3 atom stereocenters. The van der Waals surface area contributed by atoms with Crippen molar-refractivity contribution in [1.82, 2.24) is 4.90 Å². The molecule has 1 saturated heterocycles. The van der Waals surface area contributed by atoms with Crippen LogP contribution >= 0.6 is 0 Å². The van der Waals surface area contributed by atoms with Crippen molar-refractivity contribution in [2.24, 2.45) is 11.8 Å². The van der Waals surface area contributed by atoms with Gasteiger partial charge in [-0.2, -0.15) is 0 Å². The molecule has 2 aliphatic rings. The third-order valence-electron chi connectivity index (χ3n) is 5.85. The molecule has 26 heavy (non-hydrogen) atoms. The quantitative estimate of drug-likeness (QED) is 0.901. The van der Waals surface area contributed by atoms with Gasteiger partial charge in [0.2, 0.25) is 0 Å². The first-order valence-corrected chi connectivity index (χ1v) is 9.16. The summed E-state index contributed by atoms with van der Waals surface area (Å²) in [6.07, 6.45) is 2.65. The highest BCUT2D eigenvalue weighted by Gasteiger charge is 2.50. The van der Waals surface area contributed by atoms with E-state index in [1.807, 2.05) is 30.3 Å². The molecule has 0 spiro atoms. The lowest BCUT2D eigenvalue weighted by Crippen LogP contribution is -2.42. The Morgan fingerprint density at radius 3 is 2.73 bits per heavy atom. The summed E-state index contributed by atoms with van der Waals surface area (Å²) in [7, 11) is 0. The maximum absolute atomic E-state index is 12.9.